The Morgan fingerprint density at radius 3 is 2.90 bits per heavy atom. The molecule has 1 saturated carbocycles. The Kier molecular flexibility index (Phi) is 3.12. The van der Waals surface area contributed by atoms with Crippen molar-refractivity contribution >= 4 is 17.2 Å². The molecule has 0 aliphatic heterocycles. The number of carbonyl (C=O) groups is 1. The van der Waals surface area contributed by atoms with E-state index in [9.17, 15) is 4.79 Å². The summed E-state index contributed by atoms with van der Waals surface area (Å²) in [5.74, 6) is 0.130. The van der Waals surface area contributed by atoms with Crippen molar-refractivity contribution < 1.29 is 4.79 Å². The molecule has 0 unspecified atom stereocenters. The van der Waals surface area contributed by atoms with Gasteiger partial charge < -0.3 is 5.32 Å². The first-order chi connectivity index (χ1) is 9.56. The average molecular weight is 290 g/mol. The summed E-state index contributed by atoms with van der Waals surface area (Å²) in [6.45, 7) is 5.53. The van der Waals surface area contributed by atoms with Gasteiger partial charge in [0.15, 0.2) is 0 Å². The topological polar surface area (TPSA) is 59.8 Å². The van der Waals surface area contributed by atoms with Crippen LogP contribution in [-0.2, 0) is 16.8 Å². The second kappa shape index (κ2) is 4.70. The number of thiophene rings is 1. The average Bonchev–Trinajstić information content (AvgIpc) is 2.93. The van der Waals surface area contributed by atoms with Crippen molar-refractivity contribution in [1.29, 1.82) is 0 Å². The Bertz CT molecular complexity index is 591. The summed E-state index contributed by atoms with van der Waals surface area (Å²) in [5.41, 5.74) is -0.307. The van der Waals surface area contributed by atoms with Crippen LogP contribution in [-0.4, -0.2) is 27.4 Å². The van der Waals surface area contributed by atoms with E-state index in [-0.39, 0.29) is 16.7 Å². The molecule has 2 aromatic heterocycles. The van der Waals surface area contributed by atoms with Gasteiger partial charge in [-0.25, -0.2) is 0 Å². The van der Waals surface area contributed by atoms with Gasteiger partial charge in [0, 0.05) is 17.6 Å². The van der Waals surface area contributed by atoms with Gasteiger partial charge in [0.05, 0.1) is 18.2 Å². The minimum Gasteiger partial charge on any atom is -0.353 e. The van der Waals surface area contributed by atoms with Gasteiger partial charge >= 0.3 is 0 Å². The van der Waals surface area contributed by atoms with Crippen LogP contribution in [0.15, 0.2) is 29.9 Å². The number of hydrogen-bond acceptors (Lipinski definition) is 4. The molecule has 1 atom stereocenters. The minimum atomic E-state index is -0.344. The van der Waals surface area contributed by atoms with E-state index in [2.05, 4.69) is 35.5 Å². The van der Waals surface area contributed by atoms with Crippen LogP contribution in [0.4, 0.5) is 0 Å². The fourth-order valence-electron chi connectivity index (χ4n) is 2.85. The molecule has 0 bridgehead atoms. The van der Waals surface area contributed by atoms with E-state index in [1.807, 2.05) is 11.4 Å². The number of aromatic nitrogens is 3. The molecule has 20 heavy (non-hydrogen) atoms. The van der Waals surface area contributed by atoms with Crippen LogP contribution >= 0.6 is 11.3 Å². The summed E-state index contributed by atoms with van der Waals surface area (Å²) in [7, 11) is 0. The zero-order valence-electron chi connectivity index (χ0n) is 11.7. The summed E-state index contributed by atoms with van der Waals surface area (Å²) < 4.78 is 1.72. The van der Waals surface area contributed by atoms with Crippen molar-refractivity contribution in [2.45, 2.75) is 32.2 Å². The number of carbonyl (C=O) groups excluding carboxylic acids is 1. The van der Waals surface area contributed by atoms with Crippen LogP contribution in [0.5, 0.6) is 0 Å². The molecule has 1 aliphatic rings. The molecule has 2 aromatic rings. The molecular formula is C14H18N4OS. The van der Waals surface area contributed by atoms with Gasteiger partial charge in [-0.1, -0.05) is 25.1 Å². The summed E-state index contributed by atoms with van der Waals surface area (Å²) >= 11 is 1.67. The van der Waals surface area contributed by atoms with E-state index in [0.29, 0.717) is 13.1 Å². The standard InChI is InChI=1S/C14H18N4OS/c1-13(2)10-14(13,11-4-3-9-20-11)12(19)15-5-7-18-8-6-16-17-18/h3-4,6,8-9H,5,7,10H2,1-2H3,(H,15,19)/t14-/m0/s1. The highest BCUT2D eigenvalue weighted by Gasteiger charge is 2.67. The largest absolute Gasteiger partial charge is 0.353 e. The number of nitrogens with zero attached hydrogens (tertiary/aromatic N) is 3. The summed E-state index contributed by atoms with van der Waals surface area (Å²) in [6, 6.07) is 4.08. The SMILES string of the molecule is CC1(C)C[C@@]1(C(=O)NCCn1ccnn1)c1cccs1. The van der Waals surface area contributed by atoms with E-state index in [1.54, 1.807) is 28.4 Å². The highest BCUT2D eigenvalue weighted by molar-refractivity contribution is 7.10. The van der Waals surface area contributed by atoms with Crippen LogP contribution in [0.25, 0.3) is 0 Å². The quantitative estimate of drug-likeness (QED) is 0.914. The van der Waals surface area contributed by atoms with Crippen LogP contribution in [0.2, 0.25) is 0 Å². The molecule has 1 N–H and O–H groups in total. The zero-order chi connectivity index (χ0) is 14.2. The highest BCUT2D eigenvalue weighted by atomic mass is 32.1. The molecule has 1 fully saturated rings. The molecule has 2 heterocycles. The Hall–Kier alpha value is -1.69. The smallest absolute Gasteiger partial charge is 0.232 e. The first kappa shape index (κ1) is 13.3. The highest BCUT2D eigenvalue weighted by Crippen LogP contribution is 2.65. The first-order valence-electron chi connectivity index (χ1n) is 6.73. The van der Waals surface area contributed by atoms with Gasteiger partial charge in [0.1, 0.15) is 0 Å². The molecule has 106 valence electrons. The summed E-state index contributed by atoms with van der Waals surface area (Å²) in [6.07, 6.45) is 4.34. The van der Waals surface area contributed by atoms with Crippen LogP contribution in [0.3, 0.4) is 0 Å². The number of rotatable bonds is 5. The Labute approximate surface area is 122 Å². The lowest BCUT2D eigenvalue weighted by molar-refractivity contribution is -0.124. The molecule has 3 rings (SSSR count). The van der Waals surface area contributed by atoms with Crippen molar-refractivity contribution in [1.82, 2.24) is 20.3 Å². The van der Waals surface area contributed by atoms with Gasteiger partial charge in [-0.2, -0.15) is 0 Å². The third kappa shape index (κ3) is 2.04. The molecular weight excluding hydrogens is 272 g/mol. The monoisotopic (exact) mass is 290 g/mol. The lowest BCUT2D eigenvalue weighted by Gasteiger charge is -2.18. The van der Waals surface area contributed by atoms with Crippen LogP contribution in [0, 0.1) is 5.41 Å². The van der Waals surface area contributed by atoms with Gasteiger partial charge in [0.2, 0.25) is 5.91 Å². The maximum atomic E-state index is 12.6. The Morgan fingerprint density at radius 1 is 1.55 bits per heavy atom. The van der Waals surface area contributed by atoms with Crippen LogP contribution < -0.4 is 5.32 Å². The van der Waals surface area contributed by atoms with E-state index < -0.39 is 0 Å². The number of nitrogens with one attached hydrogen (secondary N) is 1. The van der Waals surface area contributed by atoms with Crippen molar-refractivity contribution in [3.63, 3.8) is 0 Å². The maximum Gasteiger partial charge on any atom is 0.232 e. The van der Waals surface area contributed by atoms with Gasteiger partial charge in [-0.15, -0.1) is 16.4 Å². The molecule has 0 spiro atoms. The Balaban J connectivity index is 1.66. The van der Waals surface area contributed by atoms with Crippen LogP contribution in [0.1, 0.15) is 25.1 Å². The second-order valence-corrected chi connectivity index (χ2v) is 6.81. The fourth-order valence-corrected chi connectivity index (χ4v) is 3.95. The molecule has 6 heteroatoms. The molecule has 0 radical (unpaired) electrons. The summed E-state index contributed by atoms with van der Waals surface area (Å²) in [4.78, 5) is 13.8. The zero-order valence-corrected chi connectivity index (χ0v) is 12.5. The predicted octanol–water partition coefficient (Wildman–Crippen LogP) is 1.82. The molecule has 0 saturated heterocycles. The lowest BCUT2D eigenvalue weighted by atomic mass is 9.93. The molecule has 1 amide bonds. The number of hydrogen-bond donors (Lipinski definition) is 1. The molecule has 5 nitrogen and oxygen atoms in total. The van der Waals surface area contributed by atoms with E-state index >= 15 is 0 Å². The Morgan fingerprint density at radius 2 is 2.35 bits per heavy atom. The van der Waals surface area contributed by atoms with E-state index in [4.69, 9.17) is 0 Å². The van der Waals surface area contributed by atoms with E-state index in [0.717, 1.165) is 6.42 Å². The van der Waals surface area contributed by atoms with Gasteiger partial charge in [0.25, 0.3) is 0 Å². The third-order valence-corrected chi connectivity index (χ3v) is 5.20. The maximum absolute atomic E-state index is 12.6. The number of amides is 1. The normalized spacial score (nSPS) is 23.5. The van der Waals surface area contributed by atoms with Crippen molar-refractivity contribution in [2.75, 3.05) is 6.54 Å². The second-order valence-electron chi connectivity index (χ2n) is 5.87. The minimum absolute atomic E-state index is 0.0369. The molecule has 1 aliphatic carbocycles. The summed E-state index contributed by atoms with van der Waals surface area (Å²) in [5, 5.41) is 12.7. The first-order valence-corrected chi connectivity index (χ1v) is 7.61. The van der Waals surface area contributed by atoms with Gasteiger partial charge in [-0.05, 0) is 23.3 Å². The third-order valence-electron chi connectivity index (χ3n) is 4.17. The van der Waals surface area contributed by atoms with E-state index in [1.165, 1.54) is 4.88 Å². The van der Waals surface area contributed by atoms with Crippen molar-refractivity contribution in [2.24, 2.45) is 5.41 Å². The lowest BCUT2D eigenvalue weighted by Crippen LogP contribution is -2.38. The molecule has 0 aromatic carbocycles. The van der Waals surface area contributed by atoms with Gasteiger partial charge in [-0.3, -0.25) is 9.48 Å². The van der Waals surface area contributed by atoms with Crippen molar-refractivity contribution in [3.8, 4) is 0 Å². The van der Waals surface area contributed by atoms with Crippen molar-refractivity contribution in [3.05, 3.63) is 34.8 Å². The predicted molar refractivity (Wildman–Crippen MR) is 77.4 cm³/mol. The fraction of sp³-hybridized carbons (Fsp3) is 0.500.